The van der Waals surface area contributed by atoms with Crippen molar-refractivity contribution in [3.8, 4) is 5.88 Å². The van der Waals surface area contributed by atoms with Crippen molar-refractivity contribution in [3.63, 3.8) is 0 Å². The number of halogens is 2. The van der Waals surface area contributed by atoms with E-state index >= 15 is 0 Å². The highest BCUT2D eigenvalue weighted by Crippen LogP contribution is 2.58. The molecule has 3 aromatic rings. The number of phosphoric ester groups is 1. The minimum absolute atomic E-state index is 0.00903. The maximum Gasteiger partial charge on any atom is 0.509 e. The van der Waals surface area contributed by atoms with Gasteiger partial charge < -0.3 is 24.7 Å². The molecule has 1 aromatic carbocycles. The second-order valence-electron chi connectivity index (χ2n) is 9.41. The Labute approximate surface area is 244 Å². The molecule has 0 radical (unpaired) electrons. The first-order chi connectivity index (χ1) is 19.1. The number of phosphoric acid groups is 1. The zero-order chi connectivity index (χ0) is 28.2. The van der Waals surface area contributed by atoms with Gasteiger partial charge in [-0.1, -0.05) is 31.9 Å². The first kappa shape index (κ1) is 27.8. The third-order valence-corrected chi connectivity index (χ3v) is 9.10. The predicted molar refractivity (Wildman–Crippen MR) is 144 cm³/mol. The summed E-state index contributed by atoms with van der Waals surface area (Å²) < 4.78 is 56.7. The monoisotopic (exact) mass is 703 g/mol. The third kappa shape index (κ3) is 4.99. The van der Waals surface area contributed by atoms with Crippen molar-refractivity contribution in [2.45, 2.75) is 50.4 Å². The van der Waals surface area contributed by atoms with E-state index in [2.05, 4.69) is 46.8 Å². The molecule has 5 heterocycles. The van der Waals surface area contributed by atoms with Crippen molar-refractivity contribution in [2.75, 3.05) is 25.6 Å². The van der Waals surface area contributed by atoms with Crippen molar-refractivity contribution in [2.24, 2.45) is 0 Å². The second-order valence-corrected chi connectivity index (χ2v) is 12.9. The Bertz CT molecular complexity index is 1510. The topological polar surface area (TPSA) is 168 Å². The summed E-state index contributed by atoms with van der Waals surface area (Å²) >= 11 is 6.92. The highest BCUT2D eigenvalue weighted by Gasteiger charge is 2.64. The van der Waals surface area contributed by atoms with Crippen LogP contribution in [0.5, 0.6) is 5.88 Å². The highest BCUT2D eigenvalue weighted by molar-refractivity contribution is 9.11. The summed E-state index contributed by atoms with van der Waals surface area (Å²) in [4.78, 5) is 24.9. The van der Waals surface area contributed by atoms with Gasteiger partial charge in [-0.05, 0) is 37.6 Å². The van der Waals surface area contributed by atoms with E-state index in [-0.39, 0.29) is 30.7 Å². The van der Waals surface area contributed by atoms with Crippen LogP contribution in [0.25, 0.3) is 11.2 Å². The maximum absolute atomic E-state index is 13.5. The molecule has 3 aliphatic heterocycles. The number of anilines is 1. The fourth-order valence-corrected chi connectivity index (χ4v) is 7.76. The highest BCUT2D eigenvalue weighted by atomic mass is 79.9. The molecule has 3 fully saturated rings. The van der Waals surface area contributed by atoms with E-state index in [0.717, 1.165) is 14.5 Å². The van der Waals surface area contributed by atoms with Crippen LogP contribution in [0.2, 0.25) is 0 Å². The van der Waals surface area contributed by atoms with E-state index in [1.807, 2.05) is 18.2 Å². The van der Waals surface area contributed by atoms with Crippen molar-refractivity contribution in [1.29, 1.82) is 0 Å². The number of benzene rings is 1. The normalized spacial score (nSPS) is 31.6. The SMILES string of the molecule is CCOc1nc(N)nc2ncn([C@@H]3O[C@H](CO[P@]4(=O)OCC[C@H](c5cc(Br)cc(Br)c5)O4)[C@H]4OC(=O)O[C@]43C)c12. The molecule has 40 heavy (non-hydrogen) atoms. The van der Waals surface area contributed by atoms with E-state index in [4.69, 9.17) is 38.3 Å². The van der Waals surface area contributed by atoms with E-state index in [1.165, 1.54) is 6.33 Å². The summed E-state index contributed by atoms with van der Waals surface area (Å²) in [5.41, 5.74) is 5.96. The van der Waals surface area contributed by atoms with Gasteiger partial charge in [-0.25, -0.2) is 14.3 Å². The molecule has 2 N–H and O–H groups in total. The number of nitrogens with two attached hydrogens (primary N) is 1. The zero-order valence-corrected chi connectivity index (χ0v) is 25.3. The number of rotatable bonds is 7. The molecule has 14 nitrogen and oxygen atoms in total. The molecule has 3 aliphatic rings. The smallest absolute Gasteiger partial charge is 0.476 e. The molecule has 214 valence electrons. The van der Waals surface area contributed by atoms with Gasteiger partial charge >= 0.3 is 14.0 Å². The van der Waals surface area contributed by atoms with Crippen LogP contribution in [-0.2, 0) is 32.3 Å². The van der Waals surface area contributed by atoms with Crippen molar-refractivity contribution in [3.05, 3.63) is 39.0 Å². The van der Waals surface area contributed by atoms with Crippen LogP contribution in [-0.4, -0.2) is 63.3 Å². The lowest BCUT2D eigenvalue weighted by Gasteiger charge is -2.30. The van der Waals surface area contributed by atoms with Crippen molar-refractivity contribution >= 4 is 63.0 Å². The Hall–Kier alpha value is -2.33. The lowest BCUT2D eigenvalue weighted by molar-refractivity contribution is -0.0924. The lowest BCUT2D eigenvalue weighted by atomic mass is 9.96. The van der Waals surface area contributed by atoms with Gasteiger partial charge in [0, 0.05) is 15.4 Å². The van der Waals surface area contributed by atoms with Gasteiger partial charge in [0.2, 0.25) is 11.8 Å². The second kappa shape index (κ2) is 10.5. The van der Waals surface area contributed by atoms with Gasteiger partial charge in [-0.3, -0.25) is 18.1 Å². The lowest BCUT2D eigenvalue weighted by Crippen LogP contribution is -2.42. The van der Waals surface area contributed by atoms with E-state index in [1.54, 1.807) is 18.4 Å². The number of hydrogen-bond acceptors (Lipinski definition) is 13. The quantitative estimate of drug-likeness (QED) is 0.263. The van der Waals surface area contributed by atoms with Crippen molar-refractivity contribution in [1.82, 2.24) is 19.5 Å². The molecule has 17 heteroatoms. The van der Waals surface area contributed by atoms with Crippen LogP contribution in [0.4, 0.5) is 10.7 Å². The Morgan fingerprint density at radius 1 is 1.25 bits per heavy atom. The standard InChI is InChI=1S/C23H24Br2N5O9P/c1-3-33-19-16-18(28-21(26)29-19)27-10-30(16)20-23(2)17(37-22(31)38-23)15(36-20)9-35-40(32)34-5-4-14(39-40)11-6-12(24)8-13(25)7-11/h6-8,10,14-15,17,20H,3-5,9H2,1-2H3,(H2,26,28,29)/t14-,15-,17-,20-,23-,40+/m1/s1. The first-order valence-corrected chi connectivity index (χ1v) is 15.3. The van der Waals surface area contributed by atoms with Gasteiger partial charge in [0.25, 0.3) is 0 Å². The average molecular weight is 705 g/mol. The van der Waals surface area contributed by atoms with Gasteiger partial charge in [0.05, 0.1) is 25.9 Å². The Morgan fingerprint density at radius 3 is 2.77 bits per heavy atom. The molecule has 0 spiro atoms. The molecule has 3 saturated heterocycles. The number of nitrogens with zero attached hydrogens (tertiary/aromatic N) is 4. The Balaban J connectivity index is 1.25. The number of carbonyl (C=O) groups is 1. The van der Waals surface area contributed by atoms with E-state index < -0.39 is 44.1 Å². The Morgan fingerprint density at radius 2 is 2.02 bits per heavy atom. The first-order valence-electron chi connectivity index (χ1n) is 12.3. The number of imidazole rings is 1. The van der Waals surface area contributed by atoms with Crippen LogP contribution in [0.15, 0.2) is 33.5 Å². The summed E-state index contributed by atoms with van der Waals surface area (Å²) in [6.07, 6.45) is -2.23. The molecule has 0 aliphatic carbocycles. The molecule has 0 amide bonds. The minimum Gasteiger partial charge on any atom is -0.476 e. The molecule has 0 unspecified atom stereocenters. The van der Waals surface area contributed by atoms with Gasteiger partial charge in [-0.15, -0.1) is 0 Å². The van der Waals surface area contributed by atoms with Crippen LogP contribution < -0.4 is 10.5 Å². The molecule has 6 rings (SSSR count). The number of ether oxygens (including phenoxy) is 4. The minimum atomic E-state index is -4.00. The van der Waals surface area contributed by atoms with Gasteiger partial charge in [-0.2, -0.15) is 9.97 Å². The summed E-state index contributed by atoms with van der Waals surface area (Å²) in [5.74, 6) is 0.181. The summed E-state index contributed by atoms with van der Waals surface area (Å²) in [6.45, 7) is 3.64. The molecular formula is C23H24Br2N5O9P. The number of nitrogen functional groups attached to an aromatic ring is 1. The molecule has 2 aromatic heterocycles. The van der Waals surface area contributed by atoms with E-state index in [0.29, 0.717) is 18.5 Å². The number of fused-ring (bicyclic) bond motifs is 2. The predicted octanol–water partition coefficient (Wildman–Crippen LogP) is 4.83. The average Bonchev–Trinajstić information content (AvgIpc) is 3.51. The molecule has 0 saturated carbocycles. The van der Waals surface area contributed by atoms with Crippen LogP contribution in [0.3, 0.4) is 0 Å². The van der Waals surface area contributed by atoms with E-state index in [9.17, 15) is 9.36 Å². The largest absolute Gasteiger partial charge is 0.509 e. The number of aromatic nitrogens is 4. The summed E-state index contributed by atoms with van der Waals surface area (Å²) in [7, 11) is -4.00. The van der Waals surface area contributed by atoms with Crippen molar-refractivity contribution < 1.29 is 41.9 Å². The zero-order valence-electron chi connectivity index (χ0n) is 21.2. The molecule has 0 bridgehead atoms. The summed E-state index contributed by atoms with van der Waals surface area (Å²) in [6, 6.07) is 5.64. The summed E-state index contributed by atoms with van der Waals surface area (Å²) in [5, 5.41) is 0. The third-order valence-electron chi connectivity index (χ3n) is 6.71. The van der Waals surface area contributed by atoms with Crippen LogP contribution in [0.1, 0.15) is 38.2 Å². The van der Waals surface area contributed by atoms with Gasteiger partial charge in [0.1, 0.15) is 12.4 Å². The molecular weight excluding hydrogens is 681 g/mol. The number of hydrogen-bond donors (Lipinski definition) is 1. The Kier molecular flexibility index (Phi) is 7.30. The van der Waals surface area contributed by atoms with Crippen LogP contribution in [0, 0.1) is 0 Å². The number of carbonyl (C=O) groups excluding carboxylic acids is 1. The maximum atomic E-state index is 13.5. The fourth-order valence-electron chi connectivity index (χ4n) is 5.04. The van der Waals surface area contributed by atoms with Crippen LogP contribution >= 0.6 is 39.7 Å². The fraction of sp³-hybridized carbons (Fsp3) is 0.478. The molecule has 6 atom stereocenters. The van der Waals surface area contributed by atoms with Gasteiger partial charge in [0.15, 0.2) is 29.1 Å².